The van der Waals surface area contributed by atoms with Crippen molar-refractivity contribution in [1.29, 1.82) is 0 Å². The molecule has 0 aromatic carbocycles. The molecule has 0 spiro atoms. The fourth-order valence-electron chi connectivity index (χ4n) is 1.23. The Morgan fingerprint density at radius 1 is 1.60 bits per heavy atom. The third-order valence-corrected chi connectivity index (χ3v) is 1.89. The van der Waals surface area contributed by atoms with Crippen LogP contribution in [0.2, 0.25) is 0 Å². The Morgan fingerprint density at radius 2 is 2.27 bits per heavy atom. The highest BCUT2D eigenvalue weighted by molar-refractivity contribution is 5.60. The molecule has 6 heteroatoms. The van der Waals surface area contributed by atoms with Crippen molar-refractivity contribution in [3.8, 4) is 0 Å². The molecule has 5 N–H and O–H groups in total. The summed E-state index contributed by atoms with van der Waals surface area (Å²) in [5.74, 6) is 0.678. The molecule has 1 aromatic heterocycles. The predicted molar refractivity (Wildman–Crippen MR) is 58.5 cm³/mol. The zero-order valence-electron chi connectivity index (χ0n) is 9.01. The number of nitrogens with zero attached hydrogens (tertiary/aromatic N) is 2. The van der Waals surface area contributed by atoms with Gasteiger partial charge >= 0.3 is 0 Å². The van der Waals surface area contributed by atoms with E-state index >= 15 is 0 Å². The van der Waals surface area contributed by atoms with E-state index < -0.39 is 6.10 Å². The van der Waals surface area contributed by atoms with Crippen LogP contribution in [-0.4, -0.2) is 38.7 Å². The van der Waals surface area contributed by atoms with E-state index in [0.29, 0.717) is 11.5 Å². The van der Waals surface area contributed by atoms with E-state index in [2.05, 4.69) is 10.4 Å². The minimum atomic E-state index is -0.822. The number of rotatable bonds is 5. The maximum absolute atomic E-state index is 9.30. The summed E-state index contributed by atoms with van der Waals surface area (Å²) in [7, 11) is 0. The van der Waals surface area contributed by atoms with Gasteiger partial charge in [0.1, 0.15) is 5.82 Å². The molecule has 0 amide bonds. The minimum absolute atomic E-state index is 0.225. The highest BCUT2D eigenvalue weighted by Gasteiger charge is 2.12. The second-order valence-corrected chi connectivity index (χ2v) is 3.77. The largest absolute Gasteiger partial charge is 0.394 e. The Balaban J connectivity index is 2.78. The first-order valence-electron chi connectivity index (χ1n) is 4.91. The van der Waals surface area contributed by atoms with Crippen LogP contribution in [0.1, 0.15) is 13.8 Å². The molecular formula is C9H18N4O2. The molecule has 6 nitrogen and oxygen atoms in total. The fraction of sp³-hybridized carbons (Fsp3) is 0.667. The molecule has 0 aliphatic rings. The maximum Gasteiger partial charge on any atom is 0.148 e. The van der Waals surface area contributed by atoms with E-state index in [9.17, 15) is 5.11 Å². The third kappa shape index (κ3) is 3.10. The number of nitrogens with one attached hydrogen (secondary N) is 1. The number of aliphatic hydroxyl groups is 2. The van der Waals surface area contributed by atoms with Gasteiger partial charge < -0.3 is 21.3 Å². The van der Waals surface area contributed by atoms with Gasteiger partial charge in [-0.25, -0.2) is 4.68 Å². The van der Waals surface area contributed by atoms with Crippen molar-refractivity contribution in [3.05, 3.63) is 6.20 Å². The molecule has 1 atom stereocenters. The quantitative estimate of drug-likeness (QED) is 0.536. The van der Waals surface area contributed by atoms with Crippen molar-refractivity contribution >= 4 is 11.5 Å². The Morgan fingerprint density at radius 3 is 2.80 bits per heavy atom. The van der Waals surface area contributed by atoms with Crippen LogP contribution < -0.4 is 11.1 Å². The summed E-state index contributed by atoms with van der Waals surface area (Å²) < 4.78 is 1.55. The monoisotopic (exact) mass is 214 g/mol. The van der Waals surface area contributed by atoms with E-state index in [1.807, 2.05) is 13.8 Å². The number of hydrogen-bond acceptors (Lipinski definition) is 5. The van der Waals surface area contributed by atoms with Crippen molar-refractivity contribution in [3.63, 3.8) is 0 Å². The Kier molecular flexibility index (Phi) is 3.93. The summed E-state index contributed by atoms with van der Waals surface area (Å²) in [6.07, 6.45) is 0.700. The van der Waals surface area contributed by atoms with Crippen LogP contribution >= 0.6 is 0 Å². The lowest BCUT2D eigenvalue weighted by Gasteiger charge is -2.15. The van der Waals surface area contributed by atoms with Crippen molar-refractivity contribution in [2.24, 2.45) is 0 Å². The molecule has 1 unspecified atom stereocenters. The van der Waals surface area contributed by atoms with Crippen LogP contribution in [-0.2, 0) is 6.54 Å². The van der Waals surface area contributed by atoms with Gasteiger partial charge in [-0.15, -0.1) is 0 Å². The van der Waals surface area contributed by atoms with Crippen molar-refractivity contribution in [2.75, 3.05) is 17.7 Å². The molecule has 0 saturated heterocycles. The summed E-state index contributed by atoms with van der Waals surface area (Å²) in [5.41, 5.74) is 6.25. The van der Waals surface area contributed by atoms with Crippen LogP contribution in [0.5, 0.6) is 0 Å². The molecule has 0 bridgehead atoms. The fourth-order valence-corrected chi connectivity index (χ4v) is 1.23. The summed E-state index contributed by atoms with van der Waals surface area (Å²) in [5, 5.41) is 25.2. The molecule has 0 fully saturated rings. The average molecular weight is 214 g/mol. The smallest absolute Gasteiger partial charge is 0.148 e. The van der Waals surface area contributed by atoms with Crippen LogP contribution in [0.4, 0.5) is 11.5 Å². The van der Waals surface area contributed by atoms with Crippen LogP contribution in [0.15, 0.2) is 6.20 Å². The van der Waals surface area contributed by atoms with Gasteiger partial charge in [0.25, 0.3) is 0 Å². The minimum Gasteiger partial charge on any atom is -0.394 e. The number of aromatic nitrogens is 2. The second kappa shape index (κ2) is 4.99. The molecule has 1 rings (SSSR count). The predicted octanol–water partition coefficient (Wildman–Crippen LogP) is -0.361. The van der Waals surface area contributed by atoms with Gasteiger partial charge in [-0.2, -0.15) is 5.10 Å². The lowest BCUT2D eigenvalue weighted by molar-refractivity contribution is 0.0787. The van der Waals surface area contributed by atoms with Gasteiger partial charge in [-0.05, 0) is 13.8 Å². The highest BCUT2D eigenvalue weighted by atomic mass is 16.3. The second-order valence-electron chi connectivity index (χ2n) is 3.77. The van der Waals surface area contributed by atoms with Gasteiger partial charge in [-0.3, -0.25) is 0 Å². The third-order valence-electron chi connectivity index (χ3n) is 1.89. The van der Waals surface area contributed by atoms with Gasteiger partial charge in [0.05, 0.1) is 31.1 Å². The normalized spacial score (nSPS) is 13.1. The van der Waals surface area contributed by atoms with Crippen LogP contribution in [0.3, 0.4) is 0 Å². The van der Waals surface area contributed by atoms with Crippen molar-refractivity contribution < 1.29 is 10.2 Å². The lowest BCUT2D eigenvalue weighted by atomic mass is 10.3. The summed E-state index contributed by atoms with van der Waals surface area (Å²) in [6.45, 7) is 3.90. The van der Waals surface area contributed by atoms with Gasteiger partial charge in [-0.1, -0.05) is 0 Å². The molecule has 86 valence electrons. The topological polar surface area (TPSA) is 96.3 Å². The standard InChI is InChI=1S/C9H18N4O2/c1-6(2)12-9-8(10)3-11-13(9)4-7(15)5-14/h3,6-7,12,14-15H,4-5,10H2,1-2H3. The number of aliphatic hydroxyl groups excluding tert-OH is 2. The lowest BCUT2D eigenvalue weighted by Crippen LogP contribution is -2.23. The average Bonchev–Trinajstić information content (AvgIpc) is 2.49. The van der Waals surface area contributed by atoms with Crippen LogP contribution in [0, 0.1) is 0 Å². The SMILES string of the molecule is CC(C)Nc1c(N)cnn1CC(O)CO. The van der Waals surface area contributed by atoms with Crippen LogP contribution in [0.25, 0.3) is 0 Å². The Hall–Kier alpha value is -1.27. The van der Waals surface area contributed by atoms with Gasteiger partial charge in [0.2, 0.25) is 0 Å². The number of nitrogens with two attached hydrogens (primary N) is 1. The number of nitrogen functional groups attached to an aromatic ring is 1. The van der Waals surface area contributed by atoms with E-state index in [0.717, 1.165) is 0 Å². The zero-order valence-corrected chi connectivity index (χ0v) is 9.01. The number of anilines is 2. The molecule has 0 aliphatic heterocycles. The summed E-state index contributed by atoms with van der Waals surface area (Å²) in [6, 6.07) is 0.231. The van der Waals surface area contributed by atoms with E-state index in [1.54, 1.807) is 4.68 Å². The highest BCUT2D eigenvalue weighted by Crippen LogP contribution is 2.18. The first kappa shape index (κ1) is 11.8. The first-order chi connectivity index (χ1) is 7.04. The molecule has 0 radical (unpaired) electrons. The Bertz CT molecular complexity index is 311. The molecule has 1 heterocycles. The molecule has 0 aliphatic carbocycles. The zero-order chi connectivity index (χ0) is 11.4. The van der Waals surface area contributed by atoms with Gasteiger partial charge in [0, 0.05) is 6.04 Å². The van der Waals surface area contributed by atoms with Crippen molar-refractivity contribution in [1.82, 2.24) is 9.78 Å². The Labute approximate surface area is 88.7 Å². The molecular weight excluding hydrogens is 196 g/mol. The number of hydrogen-bond donors (Lipinski definition) is 4. The summed E-state index contributed by atoms with van der Waals surface area (Å²) >= 11 is 0. The maximum atomic E-state index is 9.30. The van der Waals surface area contributed by atoms with E-state index in [-0.39, 0.29) is 19.2 Å². The molecule has 0 saturated carbocycles. The molecule has 1 aromatic rings. The summed E-state index contributed by atoms with van der Waals surface area (Å²) in [4.78, 5) is 0. The van der Waals surface area contributed by atoms with E-state index in [4.69, 9.17) is 10.8 Å². The van der Waals surface area contributed by atoms with Crippen molar-refractivity contribution in [2.45, 2.75) is 32.5 Å². The molecule has 15 heavy (non-hydrogen) atoms. The first-order valence-corrected chi connectivity index (χ1v) is 4.91. The van der Waals surface area contributed by atoms with Gasteiger partial charge in [0.15, 0.2) is 0 Å². The van der Waals surface area contributed by atoms with E-state index in [1.165, 1.54) is 6.20 Å².